The summed E-state index contributed by atoms with van der Waals surface area (Å²) in [6, 6.07) is 14.0. The highest BCUT2D eigenvalue weighted by atomic mass is 16.6. The van der Waals surface area contributed by atoms with E-state index in [1.54, 1.807) is 26.8 Å². The summed E-state index contributed by atoms with van der Waals surface area (Å²) in [6.07, 6.45) is -0.111. The Balaban J connectivity index is 1.45. The number of rotatable bonds is 1. The largest absolute Gasteiger partial charge is 0.493 e. The van der Waals surface area contributed by atoms with E-state index in [2.05, 4.69) is 10.6 Å². The number of amides is 3. The van der Waals surface area contributed by atoms with Gasteiger partial charge in [0, 0.05) is 25.6 Å². The van der Waals surface area contributed by atoms with Gasteiger partial charge in [-0.2, -0.15) is 0 Å². The lowest BCUT2D eigenvalue weighted by molar-refractivity contribution is -0.133. The van der Waals surface area contributed by atoms with Gasteiger partial charge < -0.3 is 30.0 Å². The van der Waals surface area contributed by atoms with Gasteiger partial charge in [-0.25, -0.2) is 4.79 Å². The van der Waals surface area contributed by atoms with Gasteiger partial charge in [-0.05, 0) is 63.3 Å². The van der Waals surface area contributed by atoms with E-state index in [1.165, 1.54) is 4.90 Å². The van der Waals surface area contributed by atoms with Crippen LogP contribution in [0.2, 0.25) is 0 Å². The van der Waals surface area contributed by atoms with Crippen molar-refractivity contribution >= 4 is 17.9 Å². The maximum Gasteiger partial charge on any atom is 0.411 e. The van der Waals surface area contributed by atoms with Gasteiger partial charge in [0.1, 0.15) is 23.5 Å². The molecular weight excluding hydrogens is 526 g/mol. The first kappa shape index (κ1) is 28.9. The van der Waals surface area contributed by atoms with E-state index in [0.717, 1.165) is 11.1 Å². The Morgan fingerprint density at radius 2 is 1.83 bits per heavy atom. The van der Waals surface area contributed by atoms with Gasteiger partial charge in [0.25, 0.3) is 5.91 Å². The first-order chi connectivity index (χ1) is 19.6. The van der Waals surface area contributed by atoms with E-state index < -0.39 is 36.0 Å². The van der Waals surface area contributed by atoms with Crippen molar-refractivity contribution in [3.05, 3.63) is 54.1 Å². The van der Waals surface area contributed by atoms with Crippen LogP contribution in [0.4, 0.5) is 4.79 Å². The van der Waals surface area contributed by atoms with Crippen LogP contribution in [0.15, 0.2) is 48.5 Å². The molecule has 3 aliphatic heterocycles. The molecule has 3 amide bonds. The molecule has 0 aromatic heterocycles. The minimum atomic E-state index is -0.851. The van der Waals surface area contributed by atoms with Crippen molar-refractivity contribution in [1.82, 2.24) is 15.5 Å². The fourth-order valence-electron chi connectivity index (χ4n) is 5.58. The zero-order valence-corrected chi connectivity index (χ0v) is 23.8. The number of ether oxygens (including phenoxy) is 3. The molecule has 10 nitrogen and oxygen atoms in total. The number of fused-ring (bicyclic) bond motifs is 5. The molecule has 2 saturated heterocycles. The number of nitrogens with one attached hydrogen (secondary N) is 2. The second-order valence-corrected chi connectivity index (χ2v) is 12.0. The van der Waals surface area contributed by atoms with Crippen LogP contribution in [0.5, 0.6) is 5.75 Å². The highest BCUT2D eigenvalue weighted by molar-refractivity contribution is 5.98. The molecule has 4 bridgehead atoms. The fraction of sp³-hybridized carbons (Fsp3) is 0.516. The lowest BCUT2D eigenvalue weighted by Crippen LogP contribution is -2.51. The van der Waals surface area contributed by atoms with Crippen LogP contribution in [0, 0.1) is 0 Å². The molecule has 0 radical (unpaired) electrons. The Bertz CT molecular complexity index is 1260. The monoisotopic (exact) mass is 565 g/mol. The molecule has 3 heterocycles. The number of nitrogens with zero attached hydrogens (tertiary/aromatic N) is 1. The first-order valence-corrected chi connectivity index (χ1v) is 14.3. The van der Waals surface area contributed by atoms with Crippen LogP contribution in [-0.4, -0.2) is 83.6 Å². The Kier molecular flexibility index (Phi) is 8.51. The van der Waals surface area contributed by atoms with Gasteiger partial charge in [-0.3, -0.25) is 14.5 Å². The highest BCUT2D eigenvalue weighted by Crippen LogP contribution is 2.30. The normalized spacial score (nSPS) is 27.2. The van der Waals surface area contributed by atoms with Crippen molar-refractivity contribution in [2.24, 2.45) is 0 Å². The van der Waals surface area contributed by atoms with E-state index in [9.17, 15) is 19.5 Å². The maximum absolute atomic E-state index is 13.6. The van der Waals surface area contributed by atoms with Crippen molar-refractivity contribution < 1.29 is 33.7 Å². The number of carbonyl (C=O) groups excluding carboxylic acids is 3. The summed E-state index contributed by atoms with van der Waals surface area (Å²) in [5.41, 5.74) is 1.52. The number of benzene rings is 2. The summed E-state index contributed by atoms with van der Waals surface area (Å²) in [5, 5.41) is 16.4. The molecule has 0 unspecified atom stereocenters. The van der Waals surface area contributed by atoms with Gasteiger partial charge in [-0.15, -0.1) is 0 Å². The minimum Gasteiger partial charge on any atom is -0.493 e. The lowest BCUT2D eigenvalue weighted by Gasteiger charge is -2.34. The molecule has 2 aromatic carbocycles. The summed E-state index contributed by atoms with van der Waals surface area (Å²) in [5.74, 6) is -0.285. The first-order valence-electron chi connectivity index (χ1n) is 14.3. The Morgan fingerprint density at radius 1 is 1.05 bits per heavy atom. The average molecular weight is 566 g/mol. The molecule has 3 aliphatic rings. The van der Waals surface area contributed by atoms with Gasteiger partial charge in [0.05, 0.1) is 24.4 Å². The van der Waals surface area contributed by atoms with E-state index in [0.29, 0.717) is 37.2 Å². The smallest absolute Gasteiger partial charge is 0.411 e. The Labute approximate surface area is 240 Å². The molecule has 2 aromatic rings. The van der Waals surface area contributed by atoms with E-state index >= 15 is 0 Å². The Hall–Kier alpha value is -3.63. The van der Waals surface area contributed by atoms with Gasteiger partial charge in [-0.1, -0.05) is 36.4 Å². The number of hydrogen-bond acceptors (Lipinski definition) is 7. The summed E-state index contributed by atoms with van der Waals surface area (Å²) >= 11 is 0. The number of aliphatic hydroxyl groups is 1. The number of aliphatic hydroxyl groups excluding tert-OH is 1. The predicted octanol–water partition coefficient (Wildman–Crippen LogP) is 3.27. The van der Waals surface area contributed by atoms with Crippen molar-refractivity contribution in [3.63, 3.8) is 0 Å². The zero-order chi connectivity index (χ0) is 29.1. The third-order valence-electron chi connectivity index (χ3n) is 7.66. The molecular formula is C31H39N3O7. The number of carbonyl (C=O) groups is 3. The van der Waals surface area contributed by atoms with E-state index in [-0.39, 0.29) is 37.4 Å². The number of hydrogen-bond donors (Lipinski definition) is 3. The SMILES string of the molecule is CC(C)(C)OC(=O)N1C[C@@H]2C[C@H]1C(=O)NC[C@H]1O[C@H](CCOc3cc(-c4ccccc4)ccc3C(=O)N2)CC[C@@H]1O. The molecule has 220 valence electrons. The maximum atomic E-state index is 13.6. The van der Waals surface area contributed by atoms with Crippen molar-refractivity contribution in [1.29, 1.82) is 0 Å². The van der Waals surface area contributed by atoms with Crippen molar-refractivity contribution in [2.75, 3.05) is 19.7 Å². The van der Waals surface area contributed by atoms with Crippen LogP contribution < -0.4 is 15.4 Å². The van der Waals surface area contributed by atoms with Crippen LogP contribution in [0.1, 0.15) is 56.8 Å². The molecule has 0 saturated carbocycles. The highest BCUT2D eigenvalue weighted by Gasteiger charge is 2.43. The van der Waals surface area contributed by atoms with E-state index in [4.69, 9.17) is 14.2 Å². The van der Waals surface area contributed by atoms with E-state index in [1.807, 2.05) is 42.5 Å². The standard InChI is InChI=1S/C31H39N3O7/c1-31(2,3)41-30(38)34-18-21-16-24(34)29(37)32-17-27-25(35)12-10-22(40-27)13-14-39-26-15-20(19-7-5-4-6-8-19)9-11-23(26)28(36)33-21/h4-9,11,15,21-22,24-25,27,35H,10,12-14,16-18H2,1-3H3,(H,32,37)(H,33,36)/t21-,22-,24-,25-,27+/m0/s1. The molecule has 41 heavy (non-hydrogen) atoms. The van der Waals surface area contributed by atoms with Crippen LogP contribution in [0.3, 0.4) is 0 Å². The predicted molar refractivity (Wildman–Crippen MR) is 152 cm³/mol. The summed E-state index contributed by atoms with van der Waals surface area (Å²) in [4.78, 5) is 41.3. The zero-order valence-electron chi connectivity index (χ0n) is 23.8. The van der Waals surface area contributed by atoms with Crippen LogP contribution in [-0.2, 0) is 14.3 Å². The minimum absolute atomic E-state index is 0.107. The molecule has 3 N–H and O–H groups in total. The van der Waals surface area contributed by atoms with Crippen LogP contribution >= 0.6 is 0 Å². The molecule has 0 aliphatic carbocycles. The molecule has 0 spiro atoms. The summed E-state index contributed by atoms with van der Waals surface area (Å²) < 4.78 is 17.9. The average Bonchev–Trinajstić information content (AvgIpc) is 3.36. The van der Waals surface area contributed by atoms with Crippen molar-refractivity contribution in [2.45, 2.75) is 82.5 Å². The topological polar surface area (TPSA) is 126 Å². The quantitative estimate of drug-likeness (QED) is 0.485. The summed E-state index contributed by atoms with van der Waals surface area (Å²) in [7, 11) is 0. The lowest BCUT2D eigenvalue weighted by atomic mass is 9.99. The number of likely N-dealkylation sites (tertiary alicyclic amines) is 1. The second kappa shape index (κ2) is 12.1. The van der Waals surface area contributed by atoms with Gasteiger partial charge >= 0.3 is 6.09 Å². The molecule has 5 rings (SSSR count). The van der Waals surface area contributed by atoms with Crippen molar-refractivity contribution in [3.8, 4) is 16.9 Å². The third kappa shape index (κ3) is 7.00. The fourth-order valence-corrected chi connectivity index (χ4v) is 5.58. The van der Waals surface area contributed by atoms with Crippen LogP contribution in [0.25, 0.3) is 11.1 Å². The Morgan fingerprint density at radius 3 is 2.59 bits per heavy atom. The third-order valence-corrected chi connectivity index (χ3v) is 7.66. The van der Waals surface area contributed by atoms with Gasteiger partial charge in [0.15, 0.2) is 0 Å². The molecule has 2 fully saturated rings. The molecule has 10 heteroatoms. The summed E-state index contributed by atoms with van der Waals surface area (Å²) in [6.45, 7) is 5.81. The van der Waals surface area contributed by atoms with Gasteiger partial charge in [0.2, 0.25) is 5.91 Å². The molecule has 5 atom stereocenters. The second-order valence-electron chi connectivity index (χ2n) is 12.0.